The molecule has 2 saturated heterocycles. The zero-order valence-corrected chi connectivity index (χ0v) is 12.8. The Labute approximate surface area is 121 Å². The van der Waals surface area contributed by atoms with Crippen molar-refractivity contribution < 1.29 is 4.74 Å². The van der Waals surface area contributed by atoms with Crippen molar-refractivity contribution in [1.82, 2.24) is 5.32 Å². The van der Waals surface area contributed by atoms with Gasteiger partial charge in [-0.15, -0.1) is 0 Å². The van der Waals surface area contributed by atoms with Crippen LogP contribution in [0, 0.1) is 5.92 Å². The number of thioether (sulfide) groups is 1. The number of hydrogen-bond acceptors (Lipinski definition) is 3. The fourth-order valence-electron chi connectivity index (χ4n) is 3.59. The van der Waals surface area contributed by atoms with Crippen LogP contribution in [-0.4, -0.2) is 35.7 Å². The van der Waals surface area contributed by atoms with Crippen LogP contribution in [-0.2, 0) is 4.74 Å². The van der Waals surface area contributed by atoms with Gasteiger partial charge in [0.15, 0.2) is 5.17 Å². The summed E-state index contributed by atoms with van der Waals surface area (Å²) in [6.45, 7) is 4.13. The van der Waals surface area contributed by atoms with Crippen molar-refractivity contribution in [2.24, 2.45) is 10.9 Å². The summed E-state index contributed by atoms with van der Waals surface area (Å²) in [5, 5.41) is 4.95. The molecule has 1 aliphatic carbocycles. The molecule has 3 rings (SSSR count). The minimum atomic E-state index is 0.290. The van der Waals surface area contributed by atoms with Crippen LogP contribution in [0.25, 0.3) is 0 Å². The molecule has 3 fully saturated rings. The highest BCUT2D eigenvalue weighted by atomic mass is 32.2. The number of aliphatic imine (C=N–C) groups is 1. The van der Waals surface area contributed by atoms with E-state index in [9.17, 15) is 0 Å². The molecule has 3 nitrogen and oxygen atoms in total. The molecular formula is C15H26N2OS. The van der Waals surface area contributed by atoms with Gasteiger partial charge in [0.25, 0.3) is 0 Å². The molecule has 3 aliphatic rings. The highest BCUT2D eigenvalue weighted by Gasteiger charge is 2.39. The molecule has 2 atom stereocenters. The topological polar surface area (TPSA) is 33.6 Å². The zero-order valence-electron chi connectivity index (χ0n) is 12.0. The van der Waals surface area contributed by atoms with Crippen molar-refractivity contribution in [3.8, 4) is 0 Å². The van der Waals surface area contributed by atoms with E-state index in [1.54, 1.807) is 0 Å². The number of nitrogens with one attached hydrogen (secondary N) is 1. The number of rotatable bonds is 2. The largest absolute Gasteiger partial charge is 0.381 e. The van der Waals surface area contributed by atoms with Gasteiger partial charge in [0.05, 0.1) is 11.6 Å². The van der Waals surface area contributed by atoms with Crippen molar-refractivity contribution in [3.63, 3.8) is 0 Å². The zero-order chi connectivity index (χ0) is 13.1. The molecule has 2 unspecified atom stereocenters. The average molecular weight is 282 g/mol. The van der Waals surface area contributed by atoms with Gasteiger partial charge in [-0.1, -0.05) is 37.9 Å². The fourth-order valence-corrected chi connectivity index (χ4v) is 4.86. The van der Waals surface area contributed by atoms with Crippen molar-refractivity contribution in [2.75, 3.05) is 19.0 Å². The van der Waals surface area contributed by atoms with Gasteiger partial charge >= 0.3 is 0 Å². The Kier molecular flexibility index (Phi) is 4.37. The monoisotopic (exact) mass is 282 g/mol. The lowest BCUT2D eigenvalue weighted by atomic mass is 9.83. The first-order chi connectivity index (χ1) is 9.31. The van der Waals surface area contributed by atoms with Crippen molar-refractivity contribution in [3.05, 3.63) is 0 Å². The second-order valence-electron chi connectivity index (χ2n) is 6.26. The van der Waals surface area contributed by atoms with Crippen molar-refractivity contribution in [2.45, 2.75) is 63.5 Å². The number of hydrogen-bond donors (Lipinski definition) is 1. The van der Waals surface area contributed by atoms with Gasteiger partial charge < -0.3 is 10.1 Å². The maximum atomic E-state index is 5.49. The van der Waals surface area contributed by atoms with E-state index in [1.165, 1.54) is 43.0 Å². The molecule has 0 aromatic heterocycles. The Balaban J connectivity index is 1.64. The van der Waals surface area contributed by atoms with E-state index < -0.39 is 0 Å². The summed E-state index contributed by atoms with van der Waals surface area (Å²) in [6, 6.07) is 0.573. The lowest BCUT2D eigenvalue weighted by molar-refractivity contribution is 0.0555. The predicted octanol–water partition coefficient (Wildman–Crippen LogP) is 3.20. The molecule has 0 aromatic carbocycles. The molecule has 1 N–H and O–H groups in total. The molecule has 2 aliphatic heterocycles. The number of nitrogens with zero attached hydrogens (tertiary/aromatic N) is 1. The smallest absolute Gasteiger partial charge is 0.157 e. The molecule has 0 aromatic rings. The Bertz CT molecular complexity index is 339. The maximum Gasteiger partial charge on any atom is 0.157 e. The molecule has 2 heterocycles. The second kappa shape index (κ2) is 6.04. The third-order valence-corrected chi connectivity index (χ3v) is 6.16. The third kappa shape index (κ3) is 3.10. The molecule has 1 saturated carbocycles. The van der Waals surface area contributed by atoms with Crippen molar-refractivity contribution in [1.29, 1.82) is 0 Å². The van der Waals surface area contributed by atoms with Crippen LogP contribution in [0.5, 0.6) is 0 Å². The minimum absolute atomic E-state index is 0.290. The molecule has 19 heavy (non-hydrogen) atoms. The van der Waals surface area contributed by atoms with E-state index in [-0.39, 0.29) is 5.54 Å². The van der Waals surface area contributed by atoms with Gasteiger partial charge in [0, 0.05) is 19.0 Å². The normalized spacial score (nSPS) is 36.6. The molecule has 108 valence electrons. The van der Waals surface area contributed by atoms with Gasteiger partial charge in [-0.25, -0.2) is 0 Å². The van der Waals surface area contributed by atoms with Gasteiger partial charge in [0.2, 0.25) is 0 Å². The summed E-state index contributed by atoms with van der Waals surface area (Å²) in [4.78, 5) is 5.06. The maximum absolute atomic E-state index is 5.49. The predicted molar refractivity (Wildman–Crippen MR) is 81.8 cm³/mol. The summed E-state index contributed by atoms with van der Waals surface area (Å²) in [7, 11) is 0. The lowest BCUT2D eigenvalue weighted by Crippen LogP contribution is -2.48. The minimum Gasteiger partial charge on any atom is -0.381 e. The van der Waals surface area contributed by atoms with Crippen LogP contribution in [0.3, 0.4) is 0 Å². The molecule has 0 bridgehead atoms. The summed E-state index contributed by atoms with van der Waals surface area (Å²) in [5.41, 5.74) is 0.290. The summed E-state index contributed by atoms with van der Waals surface area (Å²) < 4.78 is 5.49. The van der Waals surface area contributed by atoms with Crippen LogP contribution in [0.4, 0.5) is 0 Å². The van der Waals surface area contributed by atoms with Gasteiger partial charge in [-0.3, -0.25) is 4.99 Å². The Hall–Kier alpha value is -0.220. The fraction of sp³-hybridized carbons (Fsp3) is 0.933. The van der Waals surface area contributed by atoms with Crippen LogP contribution in [0.15, 0.2) is 4.99 Å². The van der Waals surface area contributed by atoms with Crippen LogP contribution in [0.2, 0.25) is 0 Å². The van der Waals surface area contributed by atoms with E-state index in [1.807, 2.05) is 11.8 Å². The first-order valence-corrected chi connectivity index (χ1v) is 8.86. The molecule has 1 spiro atoms. The highest BCUT2D eigenvalue weighted by molar-refractivity contribution is 8.14. The number of ether oxygens (including phenoxy) is 1. The number of amidine groups is 1. The third-order valence-electron chi connectivity index (χ3n) is 4.98. The van der Waals surface area contributed by atoms with Crippen molar-refractivity contribution >= 4 is 16.9 Å². The first-order valence-electron chi connectivity index (χ1n) is 7.88. The quantitative estimate of drug-likeness (QED) is 0.844. The SMILES string of the molecule is CCC1CCCCC1N=C1NC2(CCOCC2)CS1. The van der Waals surface area contributed by atoms with Crippen LogP contribution < -0.4 is 5.32 Å². The summed E-state index contributed by atoms with van der Waals surface area (Å²) in [6.07, 6.45) is 9.00. The van der Waals surface area contributed by atoms with Crippen LogP contribution >= 0.6 is 11.8 Å². The van der Waals surface area contributed by atoms with Gasteiger partial charge in [-0.05, 0) is 31.6 Å². The lowest BCUT2D eigenvalue weighted by Gasteiger charge is -2.33. The van der Waals surface area contributed by atoms with E-state index in [0.29, 0.717) is 6.04 Å². The molecule has 0 radical (unpaired) electrons. The van der Waals surface area contributed by atoms with E-state index in [2.05, 4.69) is 12.2 Å². The summed E-state index contributed by atoms with van der Waals surface area (Å²) in [5.74, 6) is 1.99. The molecule has 0 amide bonds. The highest BCUT2D eigenvalue weighted by Crippen LogP contribution is 2.34. The Morgan fingerprint density at radius 1 is 1.32 bits per heavy atom. The van der Waals surface area contributed by atoms with Gasteiger partial charge in [0.1, 0.15) is 0 Å². The second-order valence-corrected chi connectivity index (χ2v) is 7.22. The molecule has 4 heteroatoms. The van der Waals surface area contributed by atoms with Crippen LogP contribution in [0.1, 0.15) is 51.9 Å². The average Bonchev–Trinajstić information content (AvgIpc) is 2.83. The standard InChI is InChI=1S/C15H26N2OS/c1-2-12-5-3-4-6-13(12)16-14-17-15(11-19-14)7-9-18-10-8-15/h12-13H,2-11H2,1H3,(H,16,17). The molecular weight excluding hydrogens is 256 g/mol. The summed E-state index contributed by atoms with van der Waals surface area (Å²) >= 11 is 1.94. The van der Waals surface area contributed by atoms with E-state index in [4.69, 9.17) is 9.73 Å². The van der Waals surface area contributed by atoms with E-state index >= 15 is 0 Å². The van der Waals surface area contributed by atoms with E-state index in [0.717, 1.165) is 32.0 Å². The first kappa shape index (κ1) is 13.7. The van der Waals surface area contributed by atoms with Gasteiger partial charge in [-0.2, -0.15) is 0 Å². The Morgan fingerprint density at radius 3 is 2.89 bits per heavy atom. The Morgan fingerprint density at radius 2 is 2.11 bits per heavy atom.